The molecule has 2 aromatic rings. The zero-order chi connectivity index (χ0) is 14.1. The van der Waals surface area contributed by atoms with E-state index in [0.717, 1.165) is 23.6 Å². The first-order chi connectivity index (χ1) is 9.61. The highest BCUT2D eigenvalue weighted by atomic mass is 35.5. The Labute approximate surface area is 133 Å². The molecule has 1 N–H and O–H groups in total. The monoisotopic (exact) mass is 325 g/mol. The minimum Gasteiger partial charge on any atom is -0.382 e. The maximum atomic E-state index is 6.03. The third-order valence-electron chi connectivity index (χ3n) is 3.75. The topological polar surface area (TPSA) is 12.0 Å². The van der Waals surface area contributed by atoms with Crippen molar-refractivity contribution in [3.63, 3.8) is 0 Å². The molecule has 0 heterocycles. The van der Waals surface area contributed by atoms with E-state index in [1.807, 2.05) is 30.3 Å². The van der Waals surface area contributed by atoms with Crippen molar-refractivity contribution in [3.05, 3.63) is 63.1 Å². The number of halogens is 3. The van der Waals surface area contributed by atoms with Crippen molar-refractivity contribution in [3.8, 4) is 0 Å². The molecule has 4 heteroatoms. The molecule has 1 saturated carbocycles. The van der Waals surface area contributed by atoms with Crippen LogP contribution in [0, 0.1) is 0 Å². The van der Waals surface area contributed by atoms with E-state index in [-0.39, 0.29) is 0 Å². The van der Waals surface area contributed by atoms with Gasteiger partial charge in [-0.1, -0.05) is 46.9 Å². The van der Waals surface area contributed by atoms with Gasteiger partial charge in [-0.15, -0.1) is 0 Å². The van der Waals surface area contributed by atoms with Gasteiger partial charge in [-0.3, -0.25) is 0 Å². The lowest BCUT2D eigenvalue weighted by Gasteiger charge is -2.37. The van der Waals surface area contributed by atoms with Crippen molar-refractivity contribution < 1.29 is 0 Å². The second-order valence-electron chi connectivity index (χ2n) is 5.19. The highest BCUT2D eigenvalue weighted by molar-refractivity contribution is 6.42. The Morgan fingerprint density at radius 2 is 1.70 bits per heavy atom. The first-order valence-corrected chi connectivity index (χ1v) is 7.72. The highest BCUT2D eigenvalue weighted by Gasteiger charge is 2.30. The van der Waals surface area contributed by atoms with Gasteiger partial charge in [0.25, 0.3) is 0 Å². The molecular weight excluding hydrogens is 313 g/mol. The molecule has 0 atom stereocenters. The summed E-state index contributed by atoms with van der Waals surface area (Å²) in [6.45, 7) is 0. The van der Waals surface area contributed by atoms with Gasteiger partial charge in [-0.05, 0) is 54.7 Å². The van der Waals surface area contributed by atoms with Crippen LogP contribution in [0.25, 0.3) is 0 Å². The molecular formula is C16H14Cl3N. The predicted octanol–water partition coefficient (Wildman–Crippen LogP) is 6.00. The number of hydrogen-bond acceptors (Lipinski definition) is 1. The van der Waals surface area contributed by atoms with Crippen LogP contribution in [0.1, 0.15) is 24.3 Å². The first kappa shape index (κ1) is 14.1. The lowest BCUT2D eigenvalue weighted by atomic mass is 9.76. The van der Waals surface area contributed by atoms with E-state index in [1.54, 1.807) is 0 Å². The molecule has 0 amide bonds. The van der Waals surface area contributed by atoms with E-state index in [4.69, 9.17) is 34.8 Å². The third-order valence-corrected chi connectivity index (χ3v) is 4.72. The lowest BCUT2D eigenvalue weighted by molar-refractivity contribution is 0.374. The Morgan fingerprint density at radius 1 is 0.900 bits per heavy atom. The van der Waals surface area contributed by atoms with E-state index in [2.05, 4.69) is 17.4 Å². The summed E-state index contributed by atoms with van der Waals surface area (Å²) in [6.07, 6.45) is 2.22. The molecule has 1 aliphatic rings. The van der Waals surface area contributed by atoms with Crippen molar-refractivity contribution in [2.24, 2.45) is 0 Å². The smallest absolute Gasteiger partial charge is 0.0612 e. The molecule has 0 unspecified atom stereocenters. The van der Waals surface area contributed by atoms with Gasteiger partial charge in [-0.25, -0.2) is 0 Å². The fourth-order valence-corrected chi connectivity index (χ4v) is 3.09. The van der Waals surface area contributed by atoms with Gasteiger partial charge in [0.15, 0.2) is 0 Å². The Hall–Kier alpha value is -0.890. The summed E-state index contributed by atoms with van der Waals surface area (Å²) >= 11 is 18.0. The van der Waals surface area contributed by atoms with Gasteiger partial charge in [-0.2, -0.15) is 0 Å². The van der Waals surface area contributed by atoms with Crippen LogP contribution in [0.4, 0.5) is 5.69 Å². The number of nitrogens with one attached hydrogen (secondary N) is 1. The van der Waals surface area contributed by atoms with E-state index in [9.17, 15) is 0 Å². The normalized spacial score (nSPS) is 21.4. The SMILES string of the molecule is Clc1cccc(C2CC(Nc3ccc(Cl)c(Cl)c3)C2)c1. The number of rotatable bonds is 3. The van der Waals surface area contributed by atoms with Gasteiger partial charge >= 0.3 is 0 Å². The number of hydrogen-bond donors (Lipinski definition) is 1. The van der Waals surface area contributed by atoms with E-state index in [0.29, 0.717) is 22.0 Å². The van der Waals surface area contributed by atoms with Gasteiger partial charge in [0.05, 0.1) is 10.0 Å². The molecule has 0 spiro atoms. The molecule has 3 rings (SSSR count). The molecule has 104 valence electrons. The molecule has 0 saturated heterocycles. The maximum Gasteiger partial charge on any atom is 0.0612 e. The molecule has 2 aromatic carbocycles. The largest absolute Gasteiger partial charge is 0.382 e. The van der Waals surface area contributed by atoms with Crippen LogP contribution < -0.4 is 5.32 Å². The summed E-state index contributed by atoms with van der Waals surface area (Å²) < 4.78 is 0. The zero-order valence-electron chi connectivity index (χ0n) is 10.7. The summed E-state index contributed by atoms with van der Waals surface area (Å²) in [4.78, 5) is 0. The van der Waals surface area contributed by atoms with Gasteiger partial charge in [0.2, 0.25) is 0 Å². The quantitative estimate of drug-likeness (QED) is 0.729. The second-order valence-corrected chi connectivity index (χ2v) is 6.44. The summed E-state index contributed by atoms with van der Waals surface area (Å²) in [5.74, 6) is 0.592. The first-order valence-electron chi connectivity index (χ1n) is 6.59. The Bertz CT molecular complexity index is 621. The predicted molar refractivity (Wildman–Crippen MR) is 87.3 cm³/mol. The molecule has 1 nitrogen and oxygen atoms in total. The zero-order valence-corrected chi connectivity index (χ0v) is 13.0. The summed E-state index contributed by atoms with van der Waals surface area (Å²) in [5, 5.41) is 5.46. The third kappa shape index (κ3) is 3.06. The van der Waals surface area contributed by atoms with E-state index < -0.39 is 0 Å². The minimum atomic E-state index is 0.483. The Morgan fingerprint density at radius 3 is 2.40 bits per heavy atom. The van der Waals surface area contributed by atoms with Crippen LogP contribution in [0.15, 0.2) is 42.5 Å². The minimum absolute atomic E-state index is 0.483. The standard InChI is InChI=1S/C16H14Cl3N/c17-12-3-1-2-10(6-12)11-7-14(8-11)20-13-4-5-15(18)16(19)9-13/h1-6,9,11,14,20H,7-8H2. The summed E-state index contributed by atoms with van der Waals surface area (Å²) in [6, 6.07) is 14.3. The second kappa shape index (κ2) is 5.85. The number of benzene rings is 2. The van der Waals surface area contributed by atoms with Gasteiger partial charge in [0, 0.05) is 16.8 Å². The van der Waals surface area contributed by atoms with Crippen LogP contribution in [-0.2, 0) is 0 Å². The average molecular weight is 327 g/mol. The van der Waals surface area contributed by atoms with Gasteiger partial charge in [0.1, 0.15) is 0 Å². The van der Waals surface area contributed by atoms with E-state index in [1.165, 1.54) is 5.56 Å². The molecule has 0 radical (unpaired) electrons. The average Bonchev–Trinajstić information content (AvgIpc) is 2.37. The molecule has 0 bridgehead atoms. The molecule has 1 fully saturated rings. The molecule has 1 aliphatic carbocycles. The Balaban J connectivity index is 1.59. The van der Waals surface area contributed by atoms with Crippen LogP contribution in [-0.4, -0.2) is 6.04 Å². The van der Waals surface area contributed by atoms with Crippen LogP contribution in [0.3, 0.4) is 0 Å². The van der Waals surface area contributed by atoms with Crippen molar-refractivity contribution in [1.82, 2.24) is 0 Å². The van der Waals surface area contributed by atoms with Crippen LogP contribution >= 0.6 is 34.8 Å². The van der Waals surface area contributed by atoms with Crippen molar-refractivity contribution >= 4 is 40.5 Å². The maximum absolute atomic E-state index is 6.03. The lowest BCUT2D eigenvalue weighted by Crippen LogP contribution is -2.33. The van der Waals surface area contributed by atoms with Gasteiger partial charge < -0.3 is 5.32 Å². The number of anilines is 1. The van der Waals surface area contributed by atoms with Crippen molar-refractivity contribution in [2.45, 2.75) is 24.8 Å². The highest BCUT2D eigenvalue weighted by Crippen LogP contribution is 2.39. The summed E-state index contributed by atoms with van der Waals surface area (Å²) in [7, 11) is 0. The Kier molecular flexibility index (Phi) is 4.11. The fraction of sp³-hybridized carbons (Fsp3) is 0.250. The molecule has 0 aliphatic heterocycles. The van der Waals surface area contributed by atoms with Crippen molar-refractivity contribution in [1.29, 1.82) is 0 Å². The van der Waals surface area contributed by atoms with Crippen LogP contribution in [0.2, 0.25) is 15.1 Å². The van der Waals surface area contributed by atoms with Crippen LogP contribution in [0.5, 0.6) is 0 Å². The van der Waals surface area contributed by atoms with E-state index >= 15 is 0 Å². The van der Waals surface area contributed by atoms with Crippen molar-refractivity contribution in [2.75, 3.05) is 5.32 Å². The summed E-state index contributed by atoms with van der Waals surface area (Å²) in [5.41, 5.74) is 2.35. The molecule has 20 heavy (non-hydrogen) atoms. The molecule has 0 aromatic heterocycles. The fourth-order valence-electron chi connectivity index (χ4n) is 2.59.